The van der Waals surface area contributed by atoms with Gasteiger partial charge in [0.25, 0.3) is 5.91 Å². The molecule has 23 heavy (non-hydrogen) atoms. The van der Waals surface area contributed by atoms with Gasteiger partial charge in [-0.3, -0.25) is 9.59 Å². The zero-order valence-corrected chi connectivity index (χ0v) is 12.9. The summed E-state index contributed by atoms with van der Waals surface area (Å²) in [6.07, 6.45) is 0. The van der Waals surface area contributed by atoms with Crippen molar-refractivity contribution in [2.75, 3.05) is 0 Å². The van der Waals surface area contributed by atoms with Crippen molar-refractivity contribution in [3.63, 3.8) is 0 Å². The van der Waals surface area contributed by atoms with Crippen molar-refractivity contribution in [3.05, 3.63) is 51.7 Å². The second-order valence-electron chi connectivity index (χ2n) is 4.65. The molecule has 0 radical (unpaired) electrons. The molecule has 8 heteroatoms. The topological polar surface area (TPSA) is 81.4 Å². The van der Waals surface area contributed by atoms with Crippen molar-refractivity contribution >= 4 is 23.2 Å². The smallest absolute Gasteiger partial charge is 0.387 e. The first-order valence-electron chi connectivity index (χ1n) is 6.59. The molecule has 0 spiro atoms. The SMILES string of the molecule is Cc1cc(OC(F)F)c(C(=O)N[C@@H](C(N)=O)c2ccccc2)s1. The molecule has 1 heterocycles. The average molecular weight is 340 g/mol. The summed E-state index contributed by atoms with van der Waals surface area (Å²) in [5.41, 5.74) is 5.82. The minimum atomic E-state index is -3.04. The summed E-state index contributed by atoms with van der Waals surface area (Å²) in [6.45, 7) is -1.39. The molecule has 0 bridgehead atoms. The highest BCUT2D eigenvalue weighted by Crippen LogP contribution is 2.30. The number of halogens is 2. The van der Waals surface area contributed by atoms with Crippen LogP contribution in [0.4, 0.5) is 8.78 Å². The van der Waals surface area contributed by atoms with E-state index >= 15 is 0 Å². The lowest BCUT2D eigenvalue weighted by Gasteiger charge is -2.16. The minimum Gasteiger partial charge on any atom is -0.433 e. The van der Waals surface area contributed by atoms with E-state index in [1.807, 2.05) is 0 Å². The van der Waals surface area contributed by atoms with Crippen LogP contribution in [0, 0.1) is 6.92 Å². The number of amides is 2. The molecular weight excluding hydrogens is 326 g/mol. The fourth-order valence-corrected chi connectivity index (χ4v) is 2.84. The first kappa shape index (κ1) is 16.9. The monoisotopic (exact) mass is 340 g/mol. The van der Waals surface area contributed by atoms with Crippen molar-refractivity contribution in [1.29, 1.82) is 0 Å². The van der Waals surface area contributed by atoms with Crippen LogP contribution in [0.15, 0.2) is 36.4 Å². The number of nitrogens with one attached hydrogen (secondary N) is 1. The Morgan fingerprint density at radius 2 is 1.91 bits per heavy atom. The number of ether oxygens (including phenoxy) is 1. The van der Waals surface area contributed by atoms with Crippen LogP contribution in [0.25, 0.3) is 0 Å². The fourth-order valence-electron chi connectivity index (χ4n) is 1.99. The first-order chi connectivity index (χ1) is 10.9. The summed E-state index contributed by atoms with van der Waals surface area (Å²) >= 11 is 0.991. The van der Waals surface area contributed by atoms with E-state index in [4.69, 9.17) is 5.73 Å². The van der Waals surface area contributed by atoms with Crippen molar-refractivity contribution < 1.29 is 23.1 Å². The highest BCUT2D eigenvalue weighted by molar-refractivity contribution is 7.14. The van der Waals surface area contributed by atoms with Gasteiger partial charge in [0.1, 0.15) is 16.7 Å². The third-order valence-electron chi connectivity index (χ3n) is 2.94. The van der Waals surface area contributed by atoms with Crippen LogP contribution >= 0.6 is 11.3 Å². The standard InChI is InChI=1S/C15H14F2N2O3S/c1-8-7-10(22-15(16)17)12(23-8)14(21)19-11(13(18)20)9-5-3-2-4-6-9/h2-7,11,15H,1H3,(H2,18,20)(H,19,21)/t11-/m1/s1. The Balaban J connectivity index is 2.25. The van der Waals surface area contributed by atoms with Crippen LogP contribution < -0.4 is 15.8 Å². The molecule has 0 aliphatic rings. The van der Waals surface area contributed by atoms with Crippen LogP contribution in [-0.4, -0.2) is 18.4 Å². The molecule has 0 unspecified atom stereocenters. The van der Waals surface area contributed by atoms with E-state index in [1.165, 1.54) is 6.07 Å². The molecule has 0 saturated carbocycles. The predicted octanol–water partition coefficient (Wildman–Crippen LogP) is 2.61. The van der Waals surface area contributed by atoms with Gasteiger partial charge in [0.05, 0.1) is 0 Å². The molecule has 0 fully saturated rings. The van der Waals surface area contributed by atoms with Gasteiger partial charge in [-0.25, -0.2) is 0 Å². The lowest BCUT2D eigenvalue weighted by Crippen LogP contribution is -2.37. The maximum absolute atomic E-state index is 12.4. The van der Waals surface area contributed by atoms with Gasteiger partial charge in [-0.1, -0.05) is 30.3 Å². The van der Waals surface area contributed by atoms with Gasteiger partial charge in [0.2, 0.25) is 5.91 Å². The molecule has 5 nitrogen and oxygen atoms in total. The molecule has 2 rings (SSSR count). The Morgan fingerprint density at radius 1 is 1.26 bits per heavy atom. The van der Waals surface area contributed by atoms with E-state index in [1.54, 1.807) is 37.3 Å². The average Bonchev–Trinajstić information content (AvgIpc) is 2.85. The molecular formula is C15H14F2N2O3S. The van der Waals surface area contributed by atoms with Gasteiger partial charge in [-0.15, -0.1) is 11.3 Å². The molecule has 0 saturated heterocycles. The highest BCUT2D eigenvalue weighted by Gasteiger charge is 2.25. The van der Waals surface area contributed by atoms with E-state index in [0.717, 1.165) is 11.3 Å². The van der Waals surface area contributed by atoms with Gasteiger partial charge in [0, 0.05) is 4.88 Å². The normalized spacial score (nSPS) is 12.0. The number of benzene rings is 1. The fraction of sp³-hybridized carbons (Fsp3) is 0.200. The number of thiophene rings is 1. The van der Waals surface area contributed by atoms with Crippen molar-refractivity contribution in [2.24, 2.45) is 5.73 Å². The predicted molar refractivity (Wildman–Crippen MR) is 81.5 cm³/mol. The van der Waals surface area contributed by atoms with Crippen LogP contribution in [0.2, 0.25) is 0 Å². The van der Waals surface area contributed by atoms with E-state index in [-0.39, 0.29) is 10.6 Å². The summed E-state index contributed by atoms with van der Waals surface area (Å²) in [4.78, 5) is 24.5. The van der Waals surface area contributed by atoms with Gasteiger partial charge in [-0.05, 0) is 18.6 Å². The molecule has 0 aliphatic heterocycles. The van der Waals surface area contributed by atoms with Crippen LogP contribution in [-0.2, 0) is 4.79 Å². The highest BCUT2D eigenvalue weighted by atomic mass is 32.1. The molecule has 2 aromatic rings. The van der Waals surface area contributed by atoms with Gasteiger partial charge in [0.15, 0.2) is 0 Å². The Labute approximate surface area is 135 Å². The molecule has 2 amide bonds. The van der Waals surface area contributed by atoms with E-state index in [0.29, 0.717) is 10.4 Å². The maximum Gasteiger partial charge on any atom is 0.387 e. The zero-order chi connectivity index (χ0) is 17.0. The zero-order valence-electron chi connectivity index (χ0n) is 12.1. The van der Waals surface area contributed by atoms with Crippen LogP contribution in [0.5, 0.6) is 5.75 Å². The first-order valence-corrected chi connectivity index (χ1v) is 7.40. The molecule has 1 aromatic heterocycles. The Kier molecular flexibility index (Phi) is 5.28. The molecule has 0 aliphatic carbocycles. The van der Waals surface area contributed by atoms with Gasteiger partial charge < -0.3 is 15.8 Å². The number of carbonyl (C=O) groups is 2. The minimum absolute atomic E-state index is 0.0371. The second kappa shape index (κ2) is 7.19. The third kappa shape index (κ3) is 4.26. The van der Waals surface area contributed by atoms with Gasteiger partial charge in [-0.2, -0.15) is 8.78 Å². The summed E-state index contributed by atoms with van der Waals surface area (Å²) in [6, 6.07) is 8.67. The van der Waals surface area contributed by atoms with E-state index in [2.05, 4.69) is 10.1 Å². The quantitative estimate of drug-likeness (QED) is 0.848. The lowest BCUT2D eigenvalue weighted by atomic mass is 10.1. The summed E-state index contributed by atoms with van der Waals surface area (Å²) in [5.74, 6) is -1.68. The number of rotatable bonds is 6. The maximum atomic E-state index is 12.4. The van der Waals surface area contributed by atoms with Gasteiger partial charge >= 0.3 is 6.61 Å². The van der Waals surface area contributed by atoms with E-state index in [9.17, 15) is 18.4 Å². The molecule has 3 N–H and O–H groups in total. The summed E-state index contributed by atoms with van der Waals surface area (Å²) < 4.78 is 29.1. The van der Waals surface area contributed by atoms with Crippen LogP contribution in [0.3, 0.4) is 0 Å². The Bertz CT molecular complexity index is 704. The number of primary amides is 1. The number of nitrogens with two attached hydrogens (primary N) is 1. The largest absolute Gasteiger partial charge is 0.433 e. The Morgan fingerprint density at radius 3 is 2.48 bits per heavy atom. The van der Waals surface area contributed by atoms with Crippen molar-refractivity contribution in [1.82, 2.24) is 5.32 Å². The number of aryl methyl sites for hydroxylation is 1. The second-order valence-corrected chi connectivity index (χ2v) is 5.90. The number of carbonyl (C=O) groups excluding carboxylic acids is 2. The number of hydrogen-bond acceptors (Lipinski definition) is 4. The van der Waals surface area contributed by atoms with Crippen molar-refractivity contribution in [3.8, 4) is 5.75 Å². The molecule has 122 valence electrons. The number of hydrogen-bond donors (Lipinski definition) is 2. The lowest BCUT2D eigenvalue weighted by molar-refractivity contribution is -0.120. The van der Waals surface area contributed by atoms with Crippen molar-refractivity contribution in [2.45, 2.75) is 19.6 Å². The van der Waals surface area contributed by atoms with E-state index < -0.39 is 24.5 Å². The third-order valence-corrected chi connectivity index (χ3v) is 3.97. The van der Waals surface area contributed by atoms with Crippen LogP contribution in [0.1, 0.15) is 26.2 Å². The molecule has 1 aromatic carbocycles. The number of alkyl halides is 2. The molecule has 1 atom stereocenters. The summed E-state index contributed by atoms with van der Waals surface area (Å²) in [7, 11) is 0. The Hall–Kier alpha value is -2.48. The summed E-state index contributed by atoms with van der Waals surface area (Å²) in [5, 5.41) is 2.45.